The lowest BCUT2D eigenvalue weighted by Gasteiger charge is -2.15. The van der Waals surface area contributed by atoms with Crippen molar-refractivity contribution in [2.24, 2.45) is 0 Å². The Labute approximate surface area is 144 Å². The average Bonchev–Trinajstić information content (AvgIpc) is 3.05. The molecule has 23 heavy (non-hydrogen) atoms. The van der Waals surface area contributed by atoms with Crippen LogP contribution in [0.2, 0.25) is 0 Å². The summed E-state index contributed by atoms with van der Waals surface area (Å²) in [6.45, 7) is 2.66. The molecule has 6 heteroatoms. The molecule has 1 amide bonds. The van der Waals surface area contributed by atoms with Gasteiger partial charge < -0.3 is 5.32 Å². The molecule has 1 aliphatic carbocycles. The second-order valence-electron chi connectivity index (χ2n) is 5.72. The highest BCUT2D eigenvalue weighted by atomic mass is 32.2. The second-order valence-corrected chi connectivity index (χ2v) is 7.97. The van der Waals surface area contributed by atoms with E-state index in [2.05, 4.69) is 21.4 Å². The Morgan fingerprint density at radius 2 is 2.35 bits per heavy atom. The Bertz CT molecular complexity index is 711. The molecule has 4 nitrogen and oxygen atoms in total. The minimum absolute atomic E-state index is 0.0785. The maximum absolute atomic E-state index is 12.3. The van der Waals surface area contributed by atoms with Gasteiger partial charge in [0.1, 0.15) is 11.4 Å². The number of fused-ring (bicyclic) bond motifs is 1. The first kappa shape index (κ1) is 16.5. The quantitative estimate of drug-likeness (QED) is 0.484. The van der Waals surface area contributed by atoms with Gasteiger partial charge in [0.2, 0.25) is 5.91 Å². The summed E-state index contributed by atoms with van der Waals surface area (Å²) in [7, 11) is 0. The van der Waals surface area contributed by atoms with Crippen molar-refractivity contribution in [3.63, 3.8) is 0 Å². The van der Waals surface area contributed by atoms with E-state index in [1.165, 1.54) is 43.0 Å². The standard InChI is InChI=1S/C17H21N3OS2/c1-12(16(21)18-9-7-13-5-3-2-4-6-13)23-17-15-14(8-10-22-15)19-11-20-17/h5,8,10-12H,2-4,6-7,9H2,1H3,(H,18,21). The lowest BCUT2D eigenvalue weighted by Crippen LogP contribution is -2.31. The maximum atomic E-state index is 12.3. The smallest absolute Gasteiger partial charge is 0.233 e. The van der Waals surface area contributed by atoms with Crippen molar-refractivity contribution in [2.45, 2.75) is 49.3 Å². The zero-order valence-corrected chi connectivity index (χ0v) is 14.9. The number of nitrogens with zero attached hydrogens (tertiary/aromatic N) is 2. The van der Waals surface area contributed by atoms with E-state index >= 15 is 0 Å². The fourth-order valence-electron chi connectivity index (χ4n) is 2.69. The van der Waals surface area contributed by atoms with Gasteiger partial charge in [0.15, 0.2) is 0 Å². The number of carbonyl (C=O) groups is 1. The third kappa shape index (κ3) is 4.32. The fourth-order valence-corrected chi connectivity index (χ4v) is 4.55. The number of hydrogen-bond acceptors (Lipinski definition) is 5. The number of nitrogens with one attached hydrogen (secondary N) is 1. The number of carbonyl (C=O) groups excluding carboxylic acids is 1. The average molecular weight is 348 g/mol. The fraction of sp³-hybridized carbons (Fsp3) is 0.471. The first-order valence-corrected chi connectivity index (χ1v) is 9.80. The summed E-state index contributed by atoms with van der Waals surface area (Å²) >= 11 is 3.12. The monoisotopic (exact) mass is 347 g/mol. The summed E-state index contributed by atoms with van der Waals surface area (Å²) in [4.78, 5) is 20.8. The van der Waals surface area contributed by atoms with Gasteiger partial charge in [-0.2, -0.15) is 0 Å². The number of thioether (sulfide) groups is 1. The molecule has 1 unspecified atom stereocenters. The molecule has 0 aliphatic heterocycles. The lowest BCUT2D eigenvalue weighted by molar-refractivity contribution is -0.120. The van der Waals surface area contributed by atoms with E-state index in [0.717, 1.165) is 28.2 Å². The molecule has 0 bridgehead atoms. The highest BCUT2D eigenvalue weighted by Gasteiger charge is 2.17. The van der Waals surface area contributed by atoms with Gasteiger partial charge in [0, 0.05) is 6.54 Å². The number of amides is 1. The highest BCUT2D eigenvalue weighted by molar-refractivity contribution is 8.00. The SMILES string of the molecule is CC(Sc1ncnc2ccsc12)C(=O)NCCC1=CCCCC1. The van der Waals surface area contributed by atoms with Crippen LogP contribution >= 0.6 is 23.1 Å². The van der Waals surface area contributed by atoms with Gasteiger partial charge in [-0.05, 0) is 50.5 Å². The molecule has 0 aromatic carbocycles. The van der Waals surface area contributed by atoms with Crippen LogP contribution < -0.4 is 5.32 Å². The van der Waals surface area contributed by atoms with E-state index in [-0.39, 0.29) is 11.2 Å². The van der Waals surface area contributed by atoms with Crippen LogP contribution in [0, 0.1) is 0 Å². The van der Waals surface area contributed by atoms with Crippen molar-refractivity contribution in [1.29, 1.82) is 0 Å². The first-order valence-electron chi connectivity index (χ1n) is 8.04. The van der Waals surface area contributed by atoms with Crippen LogP contribution in [0.25, 0.3) is 10.2 Å². The number of allylic oxidation sites excluding steroid dienone is 1. The number of thiophene rings is 1. The molecule has 1 atom stereocenters. The summed E-state index contributed by atoms with van der Waals surface area (Å²) in [6, 6.07) is 1.98. The predicted octanol–water partition coefficient (Wildman–Crippen LogP) is 4.18. The first-order chi connectivity index (χ1) is 11.2. The predicted molar refractivity (Wildman–Crippen MR) is 96.9 cm³/mol. The van der Waals surface area contributed by atoms with E-state index < -0.39 is 0 Å². The molecule has 0 saturated heterocycles. The largest absolute Gasteiger partial charge is 0.355 e. The molecular formula is C17H21N3OS2. The van der Waals surface area contributed by atoms with Crippen molar-refractivity contribution in [3.05, 3.63) is 29.4 Å². The molecule has 3 rings (SSSR count). The van der Waals surface area contributed by atoms with Crippen LogP contribution in [0.4, 0.5) is 0 Å². The summed E-state index contributed by atoms with van der Waals surface area (Å²) in [5.41, 5.74) is 2.44. The van der Waals surface area contributed by atoms with Crippen molar-refractivity contribution < 1.29 is 4.79 Å². The molecule has 1 N–H and O–H groups in total. The van der Waals surface area contributed by atoms with Gasteiger partial charge in [0.05, 0.1) is 15.5 Å². The van der Waals surface area contributed by atoms with E-state index in [4.69, 9.17) is 0 Å². The molecule has 0 radical (unpaired) electrons. The molecule has 1 aliphatic rings. The Kier molecular flexibility index (Phi) is 5.67. The van der Waals surface area contributed by atoms with Crippen LogP contribution in [0.15, 0.2) is 34.4 Å². The molecule has 0 saturated carbocycles. The summed E-state index contributed by atoms with van der Waals surface area (Å²) in [5, 5.41) is 5.79. The highest BCUT2D eigenvalue weighted by Crippen LogP contribution is 2.31. The van der Waals surface area contributed by atoms with Crippen molar-refractivity contribution >= 4 is 39.2 Å². The molecule has 122 valence electrons. The molecule has 0 fully saturated rings. The summed E-state index contributed by atoms with van der Waals surface area (Å²) in [6.07, 6.45) is 9.86. The van der Waals surface area contributed by atoms with Crippen LogP contribution in [0.5, 0.6) is 0 Å². The Morgan fingerprint density at radius 1 is 1.43 bits per heavy atom. The van der Waals surface area contributed by atoms with E-state index in [1.807, 2.05) is 18.4 Å². The summed E-state index contributed by atoms with van der Waals surface area (Å²) < 4.78 is 1.06. The van der Waals surface area contributed by atoms with Crippen LogP contribution in [0.3, 0.4) is 0 Å². The second kappa shape index (κ2) is 7.93. The van der Waals surface area contributed by atoms with Crippen LogP contribution in [-0.4, -0.2) is 27.7 Å². The van der Waals surface area contributed by atoms with Crippen molar-refractivity contribution in [1.82, 2.24) is 15.3 Å². The van der Waals surface area contributed by atoms with E-state index in [9.17, 15) is 4.79 Å². The van der Waals surface area contributed by atoms with Gasteiger partial charge in [0.25, 0.3) is 0 Å². The van der Waals surface area contributed by atoms with E-state index in [0.29, 0.717) is 0 Å². The molecule has 0 spiro atoms. The van der Waals surface area contributed by atoms with Crippen molar-refractivity contribution in [2.75, 3.05) is 6.54 Å². The Morgan fingerprint density at radius 3 is 3.17 bits per heavy atom. The van der Waals surface area contributed by atoms with Crippen LogP contribution in [-0.2, 0) is 4.79 Å². The van der Waals surface area contributed by atoms with Gasteiger partial charge in [-0.15, -0.1) is 11.3 Å². The normalized spacial score (nSPS) is 16.1. The van der Waals surface area contributed by atoms with Gasteiger partial charge in [-0.1, -0.05) is 23.4 Å². The third-order valence-corrected chi connectivity index (χ3v) is 6.14. The van der Waals surface area contributed by atoms with Crippen molar-refractivity contribution in [3.8, 4) is 0 Å². The Balaban J connectivity index is 1.51. The van der Waals surface area contributed by atoms with Gasteiger partial charge in [-0.25, -0.2) is 9.97 Å². The molecule has 2 aromatic rings. The third-order valence-electron chi connectivity index (χ3n) is 4.00. The van der Waals surface area contributed by atoms with Gasteiger partial charge >= 0.3 is 0 Å². The molecule has 2 aromatic heterocycles. The Hall–Kier alpha value is -1.40. The van der Waals surface area contributed by atoms with E-state index in [1.54, 1.807) is 17.7 Å². The summed E-state index contributed by atoms with van der Waals surface area (Å²) in [5.74, 6) is 0.0785. The maximum Gasteiger partial charge on any atom is 0.233 e. The number of hydrogen-bond donors (Lipinski definition) is 1. The zero-order chi connectivity index (χ0) is 16.1. The zero-order valence-electron chi connectivity index (χ0n) is 13.2. The number of aromatic nitrogens is 2. The topological polar surface area (TPSA) is 54.9 Å². The van der Waals surface area contributed by atoms with Gasteiger partial charge in [-0.3, -0.25) is 4.79 Å². The molecule has 2 heterocycles. The van der Waals surface area contributed by atoms with Crippen LogP contribution in [0.1, 0.15) is 39.0 Å². The molecular weight excluding hydrogens is 326 g/mol. The minimum Gasteiger partial charge on any atom is -0.355 e. The number of rotatable bonds is 6. The minimum atomic E-state index is -0.157. The lowest BCUT2D eigenvalue weighted by atomic mass is 9.97.